The molecule has 2 aliphatic heterocycles. The fourth-order valence-corrected chi connectivity index (χ4v) is 6.71. The van der Waals surface area contributed by atoms with Gasteiger partial charge in [0.05, 0.1) is 0 Å². The fraction of sp³-hybridized carbons (Fsp3) is 1.00. The Kier molecular flexibility index (Phi) is 8.31. The van der Waals surface area contributed by atoms with Crippen molar-refractivity contribution in [3.8, 4) is 0 Å². The third-order valence-electron chi connectivity index (χ3n) is 8.60. The monoisotopic (exact) mass is 450 g/mol. The van der Waals surface area contributed by atoms with E-state index >= 15 is 0 Å². The summed E-state index contributed by atoms with van der Waals surface area (Å²) in [7, 11) is 0. The topological polar surface area (TPSA) is 13.0 Å². The fourth-order valence-electron chi connectivity index (χ4n) is 6.71. The van der Waals surface area contributed by atoms with Gasteiger partial charge in [0.25, 0.3) is 0 Å². The molecule has 4 heteroatoms. The highest BCUT2D eigenvalue weighted by molar-refractivity contribution is 5.00. The summed E-state index contributed by atoms with van der Waals surface area (Å²) in [5.74, 6) is 0. The van der Waals surface area contributed by atoms with Gasteiger partial charge in [-0.2, -0.15) is 0 Å². The minimum atomic E-state index is 0.219. The molecule has 2 aliphatic rings. The zero-order valence-electron chi connectivity index (χ0n) is 24.3. The molecule has 4 atom stereocenters. The second-order valence-electron chi connectivity index (χ2n) is 14.5. The first-order valence-electron chi connectivity index (χ1n) is 13.3. The Balaban J connectivity index is 2.05. The molecular weight excluding hydrogens is 392 g/mol. The zero-order chi connectivity index (χ0) is 24.9. The first-order chi connectivity index (χ1) is 14.3. The van der Waals surface area contributed by atoms with Crippen LogP contribution in [0.1, 0.15) is 110 Å². The van der Waals surface area contributed by atoms with Crippen molar-refractivity contribution >= 4 is 0 Å². The maximum atomic E-state index is 2.81. The van der Waals surface area contributed by atoms with Crippen molar-refractivity contribution < 1.29 is 0 Å². The molecule has 0 radical (unpaired) electrons. The molecule has 2 fully saturated rings. The van der Waals surface area contributed by atoms with Crippen molar-refractivity contribution in [2.75, 3.05) is 26.2 Å². The average molecular weight is 451 g/mol. The highest BCUT2D eigenvalue weighted by Crippen LogP contribution is 2.36. The Morgan fingerprint density at radius 3 is 0.906 bits per heavy atom. The lowest BCUT2D eigenvalue weighted by molar-refractivity contribution is -0.0711. The first-order valence-corrected chi connectivity index (χ1v) is 13.3. The van der Waals surface area contributed by atoms with Crippen molar-refractivity contribution in [2.45, 2.75) is 156 Å². The summed E-state index contributed by atoms with van der Waals surface area (Å²) in [4.78, 5) is 11.0. The number of rotatable bonds is 5. The van der Waals surface area contributed by atoms with E-state index in [1.165, 1.54) is 39.0 Å². The van der Waals surface area contributed by atoms with E-state index in [-0.39, 0.29) is 22.2 Å². The second-order valence-corrected chi connectivity index (χ2v) is 14.5. The van der Waals surface area contributed by atoms with Crippen LogP contribution < -0.4 is 0 Å². The first kappa shape index (κ1) is 28.1. The normalized spacial score (nSPS) is 31.3. The van der Waals surface area contributed by atoms with Gasteiger partial charge in [0.2, 0.25) is 0 Å². The van der Waals surface area contributed by atoms with Crippen LogP contribution in [-0.2, 0) is 0 Å². The highest BCUT2D eigenvalue weighted by atomic mass is 15.4. The van der Waals surface area contributed by atoms with Crippen LogP contribution in [0.2, 0.25) is 0 Å². The van der Waals surface area contributed by atoms with E-state index in [0.717, 1.165) is 0 Å². The van der Waals surface area contributed by atoms with Gasteiger partial charge >= 0.3 is 0 Å². The van der Waals surface area contributed by atoms with Crippen LogP contribution in [0.3, 0.4) is 0 Å². The maximum Gasteiger partial charge on any atom is 0.0201 e. The largest absolute Gasteiger partial charge is 0.293 e. The van der Waals surface area contributed by atoms with E-state index in [9.17, 15) is 0 Å². The average Bonchev–Trinajstić information content (AvgIpc) is 2.61. The molecule has 2 saturated heterocycles. The Morgan fingerprint density at radius 2 is 0.656 bits per heavy atom. The number of hydrogen-bond acceptors (Lipinski definition) is 4. The molecule has 0 aromatic heterocycles. The lowest BCUT2D eigenvalue weighted by atomic mass is 9.83. The summed E-state index contributed by atoms with van der Waals surface area (Å²) >= 11 is 0. The van der Waals surface area contributed by atoms with Crippen LogP contribution in [-0.4, -0.2) is 92.1 Å². The SMILES string of the molecule is CC1CN(C(C)(C)CCC(C)(C)N2C[C@@H](C)N(C(C)(C)C)C[C@H]2C)C(C)CN1C(C)(C)C. The number of nitrogens with zero attached hydrogens (tertiary/aromatic N) is 4. The second kappa shape index (κ2) is 9.47. The molecule has 4 nitrogen and oxygen atoms in total. The molecule has 32 heavy (non-hydrogen) atoms. The maximum absolute atomic E-state index is 2.81. The number of piperazine rings is 2. The zero-order valence-corrected chi connectivity index (χ0v) is 24.3. The van der Waals surface area contributed by atoms with E-state index in [0.29, 0.717) is 24.2 Å². The van der Waals surface area contributed by atoms with Crippen LogP contribution in [0.25, 0.3) is 0 Å². The van der Waals surface area contributed by atoms with Gasteiger partial charge in [-0.25, -0.2) is 0 Å². The smallest absolute Gasteiger partial charge is 0.0201 e. The Hall–Kier alpha value is -0.160. The molecule has 0 N–H and O–H groups in total. The summed E-state index contributed by atoms with van der Waals surface area (Å²) in [6, 6.07) is 2.39. The lowest BCUT2D eigenvalue weighted by Crippen LogP contribution is -2.67. The minimum Gasteiger partial charge on any atom is -0.293 e. The highest BCUT2D eigenvalue weighted by Gasteiger charge is 2.43. The summed E-state index contributed by atoms with van der Waals surface area (Å²) in [5.41, 5.74) is 0.926. The van der Waals surface area contributed by atoms with Crippen molar-refractivity contribution in [1.82, 2.24) is 19.6 Å². The molecule has 0 bridgehead atoms. The van der Waals surface area contributed by atoms with Gasteiger partial charge in [-0.1, -0.05) is 0 Å². The molecule has 2 unspecified atom stereocenters. The quantitative estimate of drug-likeness (QED) is 0.532. The molecule has 2 rings (SSSR count). The molecule has 0 amide bonds. The third kappa shape index (κ3) is 6.29. The van der Waals surface area contributed by atoms with Crippen LogP contribution in [0, 0.1) is 0 Å². The Bertz CT molecular complexity index is 558. The molecule has 0 aliphatic carbocycles. The summed E-state index contributed by atoms with van der Waals surface area (Å²) in [6.45, 7) is 38.5. The summed E-state index contributed by atoms with van der Waals surface area (Å²) < 4.78 is 0. The Morgan fingerprint density at radius 1 is 0.438 bits per heavy atom. The molecule has 0 aromatic carbocycles. The van der Waals surface area contributed by atoms with Crippen molar-refractivity contribution in [3.05, 3.63) is 0 Å². The standard InChI is InChI=1S/C28H58N4/c1-21-19-31(23(3)17-29(21)25(5,6)7)27(11,12)15-16-28(13,14)32-20-22(2)30(18-24(32)4)26(8,9)10/h21-24H,15-20H2,1-14H3/t21-,22?,23-,24?/m1/s1. The van der Waals surface area contributed by atoms with E-state index in [2.05, 4.69) is 117 Å². The van der Waals surface area contributed by atoms with E-state index in [1.54, 1.807) is 0 Å². The van der Waals surface area contributed by atoms with Crippen LogP contribution in [0.5, 0.6) is 0 Å². The van der Waals surface area contributed by atoms with E-state index in [1.807, 2.05) is 0 Å². The minimum absolute atomic E-state index is 0.219. The number of hydrogen-bond donors (Lipinski definition) is 0. The van der Waals surface area contributed by atoms with Gasteiger partial charge in [-0.05, 0) is 110 Å². The van der Waals surface area contributed by atoms with Gasteiger partial charge in [-0.3, -0.25) is 19.6 Å². The van der Waals surface area contributed by atoms with Crippen molar-refractivity contribution in [2.24, 2.45) is 0 Å². The summed E-state index contributed by atoms with van der Waals surface area (Å²) in [6.07, 6.45) is 2.49. The molecule has 2 heterocycles. The molecule has 0 spiro atoms. The predicted octanol–water partition coefficient (Wildman–Crippen LogP) is 5.71. The predicted molar refractivity (Wildman–Crippen MR) is 142 cm³/mol. The van der Waals surface area contributed by atoms with Crippen molar-refractivity contribution in [3.63, 3.8) is 0 Å². The van der Waals surface area contributed by atoms with E-state index < -0.39 is 0 Å². The van der Waals surface area contributed by atoms with Gasteiger partial charge < -0.3 is 0 Å². The molecule has 0 saturated carbocycles. The molecule has 190 valence electrons. The van der Waals surface area contributed by atoms with E-state index in [4.69, 9.17) is 0 Å². The Labute approximate surface area is 202 Å². The van der Waals surface area contributed by atoms with Crippen LogP contribution >= 0.6 is 0 Å². The van der Waals surface area contributed by atoms with Crippen LogP contribution in [0.15, 0.2) is 0 Å². The lowest BCUT2D eigenvalue weighted by Gasteiger charge is -2.56. The van der Waals surface area contributed by atoms with Gasteiger partial charge in [-0.15, -0.1) is 0 Å². The molecule has 0 aromatic rings. The van der Waals surface area contributed by atoms with Crippen molar-refractivity contribution in [1.29, 1.82) is 0 Å². The third-order valence-corrected chi connectivity index (χ3v) is 8.60. The van der Waals surface area contributed by atoms with Gasteiger partial charge in [0.1, 0.15) is 0 Å². The molecular formula is C28H58N4. The van der Waals surface area contributed by atoms with Gasteiger partial charge in [0, 0.05) is 72.5 Å². The van der Waals surface area contributed by atoms with Crippen LogP contribution in [0.4, 0.5) is 0 Å². The summed E-state index contributed by atoms with van der Waals surface area (Å²) in [5, 5.41) is 0. The van der Waals surface area contributed by atoms with Gasteiger partial charge in [0.15, 0.2) is 0 Å².